The Balaban J connectivity index is 1.76. The molecular weight excluding hydrogens is 300 g/mol. The van der Waals surface area contributed by atoms with Gasteiger partial charge in [0.15, 0.2) is 0 Å². The van der Waals surface area contributed by atoms with Crippen LogP contribution in [0, 0.1) is 13.8 Å². The third-order valence-corrected chi connectivity index (χ3v) is 4.37. The summed E-state index contributed by atoms with van der Waals surface area (Å²) in [5, 5.41) is 6.86. The lowest BCUT2D eigenvalue weighted by Crippen LogP contribution is -2.19. The van der Waals surface area contributed by atoms with Gasteiger partial charge in [-0.05, 0) is 44.2 Å². The number of aromatic nitrogens is 2. The van der Waals surface area contributed by atoms with Crippen LogP contribution in [0.1, 0.15) is 36.7 Å². The quantitative estimate of drug-likeness (QED) is 0.840. The second-order valence-electron chi connectivity index (χ2n) is 6.29. The van der Waals surface area contributed by atoms with E-state index in [-0.39, 0.29) is 0 Å². The van der Waals surface area contributed by atoms with E-state index < -0.39 is 0 Å². The van der Waals surface area contributed by atoms with Crippen LogP contribution in [0.25, 0.3) is 0 Å². The van der Waals surface area contributed by atoms with Gasteiger partial charge in [0.1, 0.15) is 17.5 Å². The number of para-hydroxylation sites is 1. The molecule has 1 aromatic heterocycles. The largest absolute Gasteiger partial charge is 0.376 e. The van der Waals surface area contributed by atoms with E-state index in [0.29, 0.717) is 6.10 Å². The van der Waals surface area contributed by atoms with E-state index in [4.69, 9.17) is 4.74 Å². The maximum atomic E-state index is 5.66. The number of hydrogen-bond donors (Lipinski definition) is 2. The van der Waals surface area contributed by atoms with Crippen LogP contribution < -0.4 is 10.6 Å². The van der Waals surface area contributed by atoms with Gasteiger partial charge in [0, 0.05) is 24.9 Å². The standard InChI is InChI=1S/C19H26N4O/c1-4-15-8-5-7-13(2)19(15)23-18-11-17(21-14(3)22-18)20-12-16-9-6-10-24-16/h5,7-8,11,16H,4,6,9-10,12H2,1-3H3,(H2,20,21,22,23). The van der Waals surface area contributed by atoms with Crippen molar-refractivity contribution in [3.8, 4) is 0 Å². The summed E-state index contributed by atoms with van der Waals surface area (Å²) in [4.78, 5) is 9.02. The van der Waals surface area contributed by atoms with Gasteiger partial charge in [0.05, 0.1) is 6.10 Å². The van der Waals surface area contributed by atoms with E-state index in [0.717, 1.165) is 55.6 Å². The van der Waals surface area contributed by atoms with E-state index in [1.807, 2.05) is 13.0 Å². The van der Waals surface area contributed by atoms with Crippen LogP contribution in [0.5, 0.6) is 0 Å². The van der Waals surface area contributed by atoms with E-state index in [1.54, 1.807) is 0 Å². The fraction of sp³-hybridized carbons (Fsp3) is 0.474. The summed E-state index contributed by atoms with van der Waals surface area (Å²) in [6.07, 6.45) is 3.54. The predicted molar refractivity (Wildman–Crippen MR) is 98.1 cm³/mol. The predicted octanol–water partition coefficient (Wildman–Crippen LogP) is 3.99. The van der Waals surface area contributed by atoms with Crippen LogP contribution >= 0.6 is 0 Å². The zero-order valence-electron chi connectivity index (χ0n) is 14.7. The number of aryl methyl sites for hydroxylation is 3. The van der Waals surface area contributed by atoms with Crippen molar-refractivity contribution in [2.24, 2.45) is 0 Å². The van der Waals surface area contributed by atoms with Crippen molar-refractivity contribution in [3.05, 3.63) is 41.2 Å². The number of benzene rings is 1. The topological polar surface area (TPSA) is 59.1 Å². The van der Waals surface area contributed by atoms with Crippen molar-refractivity contribution >= 4 is 17.3 Å². The maximum absolute atomic E-state index is 5.66. The van der Waals surface area contributed by atoms with Crippen molar-refractivity contribution < 1.29 is 4.74 Å². The number of nitrogens with one attached hydrogen (secondary N) is 2. The van der Waals surface area contributed by atoms with Crippen molar-refractivity contribution in [3.63, 3.8) is 0 Å². The van der Waals surface area contributed by atoms with Crippen LogP contribution in [0.4, 0.5) is 17.3 Å². The fourth-order valence-corrected chi connectivity index (χ4v) is 3.08. The van der Waals surface area contributed by atoms with Crippen LogP contribution in [0.2, 0.25) is 0 Å². The zero-order valence-corrected chi connectivity index (χ0v) is 14.7. The Labute approximate surface area is 143 Å². The van der Waals surface area contributed by atoms with Crippen molar-refractivity contribution in [2.45, 2.75) is 46.1 Å². The summed E-state index contributed by atoms with van der Waals surface area (Å²) in [6.45, 7) is 7.86. The van der Waals surface area contributed by atoms with Gasteiger partial charge < -0.3 is 15.4 Å². The lowest BCUT2D eigenvalue weighted by Gasteiger charge is -2.16. The molecule has 0 saturated carbocycles. The maximum Gasteiger partial charge on any atom is 0.136 e. The van der Waals surface area contributed by atoms with Gasteiger partial charge >= 0.3 is 0 Å². The molecule has 1 saturated heterocycles. The minimum Gasteiger partial charge on any atom is -0.376 e. The second-order valence-corrected chi connectivity index (χ2v) is 6.29. The summed E-state index contributed by atoms with van der Waals surface area (Å²) in [7, 11) is 0. The molecule has 128 valence electrons. The van der Waals surface area contributed by atoms with Crippen molar-refractivity contribution in [2.75, 3.05) is 23.8 Å². The van der Waals surface area contributed by atoms with Crippen molar-refractivity contribution in [1.82, 2.24) is 9.97 Å². The molecule has 1 fully saturated rings. The molecule has 1 aromatic carbocycles. The lowest BCUT2D eigenvalue weighted by atomic mass is 10.1. The van der Waals surface area contributed by atoms with Crippen LogP contribution in [0.15, 0.2) is 24.3 Å². The highest BCUT2D eigenvalue weighted by atomic mass is 16.5. The third-order valence-electron chi connectivity index (χ3n) is 4.37. The zero-order chi connectivity index (χ0) is 16.9. The Hall–Kier alpha value is -2.14. The van der Waals surface area contributed by atoms with Gasteiger partial charge in [-0.15, -0.1) is 0 Å². The summed E-state index contributed by atoms with van der Waals surface area (Å²) < 4.78 is 5.66. The Morgan fingerprint density at radius 2 is 2.04 bits per heavy atom. The molecule has 2 aromatic rings. The van der Waals surface area contributed by atoms with Gasteiger partial charge in [-0.1, -0.05) is 25.1 Å². The lowest BCUT2D eigenvalue weighted by molar-refractivity contribution is 0.120. The SMILES string of the molecule is CCc1cccc(C)c1Nc1cc(NCC2CCCO2)nc(C)n1. The molecule has 0 radical (unpaired) electrons. The molecule has 0 amide bonds. The fourth-order valence-electron chi connectivity index (χ4n) is 3.08. The first-order valence-corrected chi connectivity index (χ1v) is 8.72. The summed E-state index contributed by atoms with van der Waals surface area (Å²) >= 11 is 0. The molecular formula is C19H26N4O. The Morgan fingerprint density at radius 1 is 1.21 bits per heavy atom. The Bertz CT molecular complexity index is 696. The molecule has 3 rings (SSSR count). The molecule has 0 bridgehead atoms. The minimum absolute atomic E-state index is 0.291. The first-order valence-electron chi connectivity index (χ1n) is 8.72. The van der Waals surface area contributed by atoms with Gasteiger partial charge in [-0.3, -0.25) is 0 Å². The van der Waals surface area contributed by atoms with Crippen LogP contribution in [-0.2, 0) is 11.2 Å². The highest BCUT2D eigenvalue weighted by molar-refractivity contribution is 5.66. The van der Waals surface area contributed by atoms with Crippen molar-refractivity contribution in [1.29, 1.82) is 0 Å². The van der Waals surface area contributed by atoms with Crippen LogP contribution in [0.3, 0.4) is 0 Å². The summed E-state index contributed by atoms with van der Waals surface area (Å²) in [5.41, 5.74) is 3.66. The molecule has 2 heterocycles. The molecule has 2 N–H and O–H groups in total. The van der Waals surface area contributed by atoms with Gasteiger partial charge in [0.25, 0.3) is 0 Å². The number of nitrogens with zero attached hydrogens (tertiary/aromatic N) is 2. The average molecular weight is 326 g/mol. The highest BCUT2D eigenvalue weighted by Crippen LogP contribution is 2.25. The molecule has 1 aliphatic rings. The molecule has 1 atom stereocenters. The summed E-state index contributed by atoms with van der Waals surface area (Å²) in [6, 6.07) is 8.33. The molecule has 5 nitrogen and oxygen atoms in total. The third kappa shape index (κ3) is 4.03. The number of anilines is 3. The number of rotatable bonds is 6. The van der Waals surface area contributed by atoms with E-state index >= 15 is 0 Å². The van der Waals surface area contributed by atoms with Gasteiger partial charge in [-0.2, -0.15) is 0 Å². The van der Waals surface area contributed by atoms with Crippen LogP contribution in [-0.4, -0.2) is 29.2 Å². The smallest absolute Gasteiger partial charge is 0.136 e. The first-order chi connectivity index (χ1) is 11.7. The monoisotopic (exact) mass is 326 g/mol. The van der Waals surface area contributed by atoms with Gasteiger partial charge in [-0.25, -0.2) is 9.97 Å². The molecule has 0 spiro atoms. The first kappa shape index (κ1) is 16.7. The Kier molecular flexibility index (Phi) is 5.30. The minimum atomic E-state index is 0.291. The van der Waals surface area contributed by atoms with E-state index in [2.05, 4.69) is 52.6 Å². The number of ether oxygens (including phenoxy) is 1. The van der Waals surface area contributed by atoms with E-state index in [1.165, 1.54) is 11.1 Å². The normalized spacial score (nSPS) is 17.0. The molecule has 1 aliphatic heterocycles. The molecule has 24 heavy (non-hydrogen) atoms. The average Bonchev–Trinajstić information content (AvgIpc) is 3.08. The molecule has 5 heteroatoms. The highest BCUT2D eigenvalue weighted by Gasteiger charge is 2.15. The molecule has 1 unspecified atom stereocenters. The molecule has 0 aliphatic carbocycles. The number of hydrogen-bond acceptors (Lipinski definition) is 5. The Morgan fingerprint density at radius 3 is 2.79 bits per heavy atom. The van der Waals surface area contributed by atoms with Gasteiger partial charge in [0.2, 0.25) is 0 Å². The van der Waals surface area contributed by atoms with E-state index in [9.17, 15) is 0 Å². The second kappa shape index (κ2) is 7.62. The summed E-state index contributed by atoms with van der Waals surface area (Å²) in [5.74, 6) is 2.41.